The molecule has 0 bridgehead atoms. The van der Waals surface area contributed by atoms with Crippen LogP contribution in [0.5, 0.6) is 5.75 Å². The molecule has 1 aromatic rings. The first-order valence-corrected chi connectivity index (χ1v) is 6.40. The summed E-state index contributed by atoms with van der Waals surface area (Å²) < 4.78 is 45.3. The Balaban J connectivity index is 2.40. The number of aliphatic hydroxyl groups is 1. The van der Waals surface area contributed by atoms with Crippen LogP contribution in [0, 0.1) is 18.8 Å². The van der Waals surface area contributed by atoms with Crippen LogP contribution in [0.2, 0.25) is 0 Å². The Morgan fingerprint density at radius 1 is 1.24 bits per heavy atom. The SMILES string of the molecule is Cc1cc(OCCOCC(F)(F)F)ccc1C#CCCO. The second kappa shape index (κ2) is 8.55. The molecule has 3 nitrogen and oxygen atoms in total. The third-order valence-electron chi connectivity index (χ3n) is 2.42. The summed E-state index contributed by atoms with van der Waals surface area (Å²) in [5, 5.41) is 8.64. The highest BCUT2D eigenvalue weighted by Gasteiger charge is 2.27. The molecule has 0 fully saturated rings. The van der Waals surface area contributed by atoms with E-state index in [-0.39, 0.29) is 19.8 Å². The zero-order valence-electron chi connectivity index (χ0n) is 11.7. The molecule has 1 rings (SSSR count). The summed E-state index contributed by atoms with van der Waals surface area (Å²) in [5.41, 5.74) is 1.72. The highest BCUT2D eigenvalue weighted by atomic mass is 19.4. The minimum absolute atomic E-state index is 0.0190. The van der Waals surface area contributed by atoms with Crippen LogP contribution in [0.4, 0.5) is 13.2 Å². The van der Waals surface area contributed by atoms with Crippen molar-refractivity contribution in [2.45, 2.75) is 19.5 Å². The molecular formula is C15H17F3O3. The second-order valence-corrected chi connectivity index (χ2v) is 4.27. The zero-order chi connectivity index (χ0) is 15.7. The Hall–Kier alpha value is -1.71. The van der Waals surface area contributed by atoms with Gasteiger partial charge in [-0.05, 0) is 30.7 Å². The number of alkyl halides is 3. The Labute approximate surface area is 121 Å². The molecular weight excluding hydrogens is 285 g/mol. The van der Waals surface area contributed by atoms with Crippen LogP contribution in [0.25, 0.3) is 0 Å². The first-order valence-electron chi connectivity index (χ1n) is 6.40. The van der Waals surface area contributed by atoms with Crippen molar-refractivity contribution < 1.29 is 27.8 Å². The normalized spacial score (nSPS) is 10.9. The average Bonchev–Trinajstić information content (AvgIpc) is 2.39. The molecule has 0 heterocycles. The van der Waals surface area contributed by atoms with Gasteiger partial charge in [-0.1, -0.05) is 11.8 Å². The molecule has 21 heavy (non-hydrogen) atoms. The van der Waals surface area contributed by atoms with Crippen molar-refractivity contribution >= 4 is 0 Å². The number of rotatable bonds is 6. The van der Waals surface area contributed by atoms with E-state index in [1.807, 2.05) is 6.92 Å². The van der Waals surface area contributed by atoms with Crippen molar-refractivity contribution in [2.75, 3.05) is 26.4 Å². The van der Waals surface area contributed by atoms with Crippen LogP contribution < -0.4 is 4.74 Å². The maximum absolute atomic E-state index is 11.8. The molecule has 0 unspecified atom stereocenters. The molecule has 0 aliphatic carbocycles. The van der Waals surface area contributed by atoms with Crippen LogP contribution in [-0.4, -0.2) is 37.7 Å². The molecule has 0 saturated carbocycles. The van der Waals surface area contributed by atoms with Crippen molar-refractivity contribution in [2.24, 2.45) is 0 Å². The van der Waals surface area contributed by atoms with E-state index in [0.717, 1.165) is 11.1 Å². The number of halogens is 3. The molecule has 1 aromatic carbocycles. The first kappa shape index (κ1) is 17.3. The van der Waals surface area contributed by atoms with Gasteiger partial charge in [0.1, 0.15) is 19.0 Å². The lowest BCUT2D eigenvalue weighted by molar-refractivity contribution is -0.175. The summed E-state index contributed by atoms with van der Waals surface area (Å²) in [6.07, 6.45) is -3.90. The summed E-state index contributed by atoms with van der Waals surface area (Å²) in [6.45, 7) is 0.525. The molecule has 0 aliphatic heterocycles. The Morgan fingerprint density at radius 3 is 2.62 bits per heavy atom. The van der Waals surface area contributed by atoms with Crippen molar-refractivity contribution in [1.82, 2.24) is 0 Å². The lowest BCUT2D eigenvalue weighted by atomic mass is 10.1. The maximum atomic E-state index is 11.8. The molecule has 0 saturated heterocycles. The standard InChI is InChI=1S/C15H17F3O3/c1-12-10-14(6-5-13(12)4-2-3-7-19)21-9-8-20-11-15(16,17)18/h5-6,10,19H,3,7-9,11H2,1H3. The quantitative estimate of drug-likeness (QED) is 0.648. The van der Waals surface area contributed by atoms with Gasteiger partial charge in [0.15, 0.2) is 0 Å². The lowest BCUT2D eigenvalue weighted by Crippen LogP contribution is -2.19. The van der Waals surface area contributed by atoms with E-state index in [1.165, 1.54) is 0 Å². The molecule has 0 atom stereocenters. The van der Waals surface area contributed by atoms with E-state index in [9.17, 15) is 13.2 Å². The second-order valence-electron chi connectivity index (χ2n) is 4.27. The largest absolute Gasteiger partial charge is 0.491 e. The van der Waals surface area contributed by atoms with E-state index in [2.05, 4.69) is 16.6 Å². The summed E-state index contributed by atoms with van der Waals surface area (Å²) in [5.74, 6) is 6.29. The van der Waals surface area contributed by atoms with E-state index in [0.29, 0.717) is 12.2 Å². The van der Waals surface area contributed by atoms with Gasteiger partial charge in [-0.15, -0.1) is 0 Å². The average molecular weight is 302 g/mol. The third kappa shape index (κ3) is 7.59. The van der Waals surface area contributed by atoms with Gasteiger partial charge in [0, 0.05) is 12.0 Å². The van der Waals surface area contributed by atoms with Gasteiger partial charge in [0.2, 0.25) is 0 Å². The smallest absolute Gasteiger partial charge is 0.411 e. The topological polar surface area (TPSA) is 38.7 Å². The van der Waals surface area contributed by atoms with Gasteiger partial charge < -0.3 is 14.6 Å². The fourth-order valence-electron chi connectivity index (χ4n) is 1.49. The van der Waals surface area contributed by atoms with Gasteiger partial charge in [-0.3, -0.25) is 0 Å². The third-order valence-corrected chi connectivity index (χ3v) is 2.42. The Morgan fingerprint density at radius 2 is 2.00 bits per heavy atom. The fraction of sp³-hybridized carbons (Fsp3) is 0.467. The van der Waals surface area contributed by atoms with Crippen molar-refractivity contribution in [1.29, 1.82) is 0 Å². The summed E-state index contributed by atoms with van der Waals surface area (Å²) in [7, 11) is 0. The van der Waals surface area contributed by atoms with Gasteiger partial charge in [0.25, 0.3) is 0 Å². The van der Waals surface area contributed by atoms with E-state index in [4.69, 9.17) is 9.84 Å². The maximum Gasteiger partial charge on any atom is 0.411 e. The number of benzene rings is 1. The number of aliphatic hydroxyl groups excluding tert-OH is 1. The first-order chi connectivity index (χ1) is 9.92. The molecule has 0 spiro atoms. The van der Waals surface area contributed by atoms with Crippen molar-refractivity contribution in [3.8, 4) is 17.6 Å². The molecule has 116 valence electrons. The van der Waals surface area contributed by atoms with Gasteiger partial charge in [0.05, 0.1) is 13.2 Å². The molecule has 1 N–H and O–H groups in total. The summed E-state index contributed by atoms with van der Waals surface area (Å²) in [6, 6.07) is 5.22. The zero-order valence-corrected chi connectivity index (χ0v) is 11.7. The van der Waals surface area contributed by atoms with E-state index < -0.39 is 12.8 Å². The summed E-state index contributed by atoms with van der Waals surface area (Å²) in [4.78, 5) is 0. The minimum Gasteiger partial charge on any atom is -0.491 e. The van der Waals surface area contributed by atoms with E-state index >= 15 is 0 Å². The van der Waals surface area contributed by atoms with Gasteiger partial charge in [-0.2, -0.15) is 13.2 Å². The fourth-order valence-corrected chi connectivity index (χ4v) is 1.49. The predicted molar refractivity (Wildman–Crippen MR) is 72.1 cm³/mol. The number of hydrogen-bond donors (Lipinski definition) is 1. The lowest BCUT2D eigenvalue weighted by Gasteiger charge is -2.10. The Bertz CT molecular complexity index is 501. The van der Waals surface area contributed by atoms with Crippen molar-refractivity contribution in [3.63, 3.8) is 0 Å². The van der Waals surface area contributed by atoms with Crippen LogP contribution in [0.3, 0.4) is 0 Å². The molecule has 6 heteroatoms. The Kier molecular flexibility index (Phi) is 7.06. The number of aryl methyl sites for hydroxylation is 1. The molecule has 0 aliphatic rings. The number of ether oxygens (including phenoxy) is 2. The highest BCUT2D eigenvalue weighted by Crippen LogP contribution is 2.17. The highest BCUT2D eigenvalue weighted by molar-refractivity contribution is 5.44. The van der Waals surface area contributed by atoms with Gasteiger partial charge in [-0.25, -0.2) is 0 Å². The van der Waals surface area contributed by atoms with Crippen LogP contribution in [0.15, 0.2) is 18.2 Å². The van der Waals surface area contributed by atoms with Gasteiger partial charge >= 0.3 is 6.18 Å². The number of hydrogen-bond acceptors (Lipinski definition) is 3. The van der Waals surface area contributed by atoms with Crippen molar-refractivity contribution in [3.05, 3.63) is 29.3 Å². The van der Waals surface area contributed by atoms with Crippen LogP contribution in [-0.2, 0) is 4.74 Å². The molecule has 0 aromatic heterocycles. The van der Waals surface area contributed by atoms with Crippen LogP contribution >= 0.6 is 0 Å². The predicted octanol–water partition coefficient (Wildman–Crippen LogP) is 2.69. The van der Waals surface area contributed by atoms with E-state index in [1.54, 1.807) is 18.2 Å². The molecule has 0 amide bonds. The summed E-state index contributed by atoms with van der Waals surface area (Å²) >= 11 is 0. The monoisotopic (exact) mass is 302 g/mol. The minimum atomic E-state index is -4.31. The molecule has 0 radical (unpaired) electrons. The van der Waals surface area contributed by atoms with Crippen LogP contribution in [0.1, 0.15) is 17.5 Å².